The molecule has 0 radical (unpaired) electrons. The largest absolute Gasteiger partial charge is 0.393 e. The molecule has 0 aliphatic heterocycles. The first-order valence-corrected chi connectivity index (χ1v) is 11.6. The fraction of sp³-hybridized carbons (Fsp3) is 0.609. The van der Waals surface area contributed by atoms with Crippen LogP contribution in [0.15, 0.2) is 24.7 Å². The molecule has 0 aromatic carbocycles. The van der Waals surface area contributed by atoms with E-state index in [2.05, 4.69) is 32.3 Å². The molecule has 3 aromatic rings. The van der Waals surface area contributed by atoms with Crippen LogP contribution >= 0.6 is 0 Å². The summed E-state index contributed by atoms with van der Waals surface area (Å²) in [5.74, 6) is 0.623. The molecule has 0 unspecified atom stereocenters. The molecule has 2 fully saturated rings. The predicted octanol–water partition coefficient (Wildman–Crippen LogP) is 4.79. The van der Waals surface area contributed by atoms with Crippen LogP contribution in [0.2, 0.25) is 0 Å². The molecule has 0 bridgehead atoms. The van der Waals surface area contributed by atoms with Crippen molar-refractivity contribution in [2.75, 3.05) is 5.32 Å². The van der Waals surface area contributed by atoms with Crippen LogP contribution in [0.5, 0.6) is 0 Å². The predicted molar refractivity (Wildman–Crippen MR) is 118 cm³/mol. The molecule has 0 spiro atoms. The number of aliphatic hydroxyl groups excluding tert-OH is 1. The third kappa shape index (κ3) is 4.22. The van der Waals surface area contributed by atoms with Gasteiger partial charge in [-0.3, -0.25) is 4.68 Å². The summed E-state index contributed by atoms with van der Waals surface area (Å²) in [5.41, 5.74) is 4.02. The van der Waals surface area contributed by atoms with E-state index >= 15 is 0 Å². The van der Waals surface area contributed by atoms with E-state index in [-0.39, 0.29) is 18.4 Å². The number of aromatic nitrogens is 5. The topological polar surface area (TPSA) is 80.3 Å². The Bertz CT molecular complexity index is 1070. The average molecular weight is 445 g/mol. The second kappa shape index (κ2) is 8.77. The molecule has 172 valence electrons. The van der Waals surface area contributed by atoms with Crippen LogP contribution < -0.4 is 5.32 Å². The maximum atomic E-state index is 12.7. The highest BCUT2D eigenvalue weighted by Gasteiger charge is 2.27. The second-order valence-electron chi connectivity index (χ2n) is 9.33. The lowest BCUT2D eigenvalue weighted by atomic mass is 9.85. The number of aliphatic hydroxyl groups is 1. The summed E-state index contributed by atoms with van der Waals surface area (Å²) in [7, 11) is 0. The Kier molecular flexibility index (Phi) is 5.84. The molecule has 32 heavy (non-hydrogen) atoms. The van der Waals surface area contributed by atoms with Crippen LogP contribution in [0, 0.1) is 0 Å². The van der Waals surface area contributed by atoms with Crippen molar-refractivity contribution in [2.24, 2.45) is 0 Å². The number of nitrogens with zero attached hydrogens (tertiary/aromatic N) is 5. The monoisotopic (exact) mass is 444 g/mol. The number of hydrogen-bond acceptors (Lipinski definition) is 5. The zero-order valence-corrected chi connectivity index (χ0v) is 18.3. The molecule has 0 amide bonds. The quantitative estimate of drug-likeness (QED) is 0.548. The standard InChI is InChI=1S/C23H30F2N6O/c1-14(9-22(24)25)28-23-26-12-21-19(16-11-27-30(13-16)17-3-2-4-17)10-20(31(21)29-23)15-5-7-18(32)8-6-15/h10-15,17-18,22,32H,2-9H2,1H3,(H,28,29)/t14-,15?,18?/m0/s1. The fourth-order valence-electron chi connectivity index (χ4n) is 4.85. The SMILES string of the molecule is C[C@@H](CC(F)F)Nc1ncc2c(-c3cnn(C4CCC4)c3)cc(C3CCC(O)CC3)n2n1. The molecule has 7 nitrogen and oxygen atoms in total. The number of hydrogen-bond donors (Lipinski definition) is 2. The maximum Gasteiger partial charge on any atom is 0.241 e. The van der Waals surface area contributed by atoms with E-state index in [9.17, 15) is 13.9 Å². The van der Waals surface area contributed by atoms with E-state index in [1.54, 1.807) is 13.1 Å². The Morgan fingerprint density at radius 2 is 1.94 bits per heavy atom. The maximum absolute atomic E-state index is 12.7. The Labute approximate surface area is 185 Å². The smallest absolute Gasteiger partial charge is 0.241 e. The molecule has 3 aromatic heterocycles. The van der Waals surface area contributed by atoms with Crippen molar-refractivity contribution >= 4 is 11.5 Å². The highest BCUT2D eigenvalue weighted by atomic mass is 19.3. The van der Waals surface area contributed by atoms with Gasteiger partial charge in [-0.25, -0.2) is 18.3 Å². The Balaban J connectivity index is 1.51. The van der Waals surface area contributed by atoms with Crippen LogP contribution in [0.4, 0.5) is 14.7 Å². The zero-order chi connectivity index (χ0) is 22.2. The van der Waals surface area contributed by atoms with Gasteiger partial charge in [-0.05, 0) is 57.9 Å². The van der Waals surface area contributed by atoms with E-state index < -0.39 is 12.5 Å². The molecule has 3 heterocycles. The molecule has 0 saturated heterocycles. The molecule has 5 rings (SSSR count). The minimum Gasteiger partial charge on any atom is -0.393 e. The van der Waals surface area contributed by atoms with Crippen molar-refractivity contribution in [3.05, 3.63) is 30.4 Å². The minimum atomic E-state index is -2.38. The van der Waals surface area contributed by atoms with Crippen molar-refractivity contribution in [2.45, 2.75) is 88.8 Å². The van der Waals surface area contributed by atoms with E-state index in [1.165, 1.54) is 19.3 Å². The zero-order valence-electron chi connectivity index (χ0n) is 18.3. The minimum absolute atomic E-state index is 0.236. The summed E-state index contributed by atoms with van der Waals surface area (Å²) in [5, 5.41) is 22.2. The molecule has 1 atom stereocenters. The molecule has 2 N–H and O–H groups in total. The van der Waals surface area contributed by atoms with Gasteiger partial charge in [0.05, 0.1) is 30.1 Å². The number of alkyl halides is 2. The Morgan fingerprint density at radius 3 is 2.62 bits per heavy atom. The fourth-order valence-corrected chi connectivity index (χ4v) is 4.85. The highest BCUT2D eigenvalue weighted by Crippen LogP contribution is 2.38. The van der Waals surface area contributed by atoms with Gasteiger partial charge in [-0.2, -0.15) is 5.10 Å². The van der Waals surface area contributed by atoms with Gasteiger partial charge in [0.2, 0.25) is 12.4 Å². The van der Waals surface area contributed by atoms with Crippen molar-refractivity contribution in [1.29, 1.82) is 0 Å². The van der Waals surface area contributed by atoms with Crippen LogP contribution in [-0.4, -0.2) is 48.1 Å². The van der Waals surface area contributed by atoms with Gasteiger partial charge in [0, 0.05) is 41.4 Å². The number of fused-ring (bicyclic) bond motifs is 1. The summed E-state index contributed by atoms with van der Waals surface area (Å²) in [6.45, 7) is 1.71. The molecule has 2 aliphatic carbocycles. The second-order valence-corrected chi connectivity index (χ2v) is 9.33. The van der Waals surface area contributed by atoms with Gasteiger partial charge < -0.3 is 10.4 Å². The van der Waals surface area contributed by atoms with Crippen LogP contribution in [-0.2, 0) is 0 Å². The number of halogens is 2. The van der Waals surface area contributed by atoms with E-state index in [1.807, 2.05) is 10.7 Å². The highest BCUT2D eigenvalue weighted by molar-refractivity contribution is 5.81. The number of anilines is 1. The Morgan fingerprint density at radius 1 is 1.16 bits per heavy atom. The van der Waals surface area contributed by atoms with Gasteiger partial charge in [-0.15, -0.1) is 5.10 Å². The van der Waals surface area contributed by atoms with Gasteiger partial charge in [0.1, 0.15) is 0 Å². The summed E-state index contributed by atoms with van der Waals surface area (Å²) in [4.78, 5) is 4.42. The first kappa shape index (κ1) is 21.3. The number of rotatable bonds is 7. The first-order valence-electron chi connectivity index (χ1n) is 11.6. The average Bonchev–Trinajstić information content (AvgIpc) is 3.31. The van der Waals surface area contributed by atoms with Crippen molar-refractivity contribution in [3.63, 3.8) is 0 Å². The van der Waals surface area contributed by atoms with Crippen LogP contribution in [0.1, 0.15) is 75.9 Å². The van der Waals surface area contributed by atoms with E-state index in [0.717, 1.165) is 48.0 Å². The summed E-state index contributed by atoms with van der Waals surface area (Å²) in [6.07, 6.45) is 9.81. The van der Waals surface area contributed by atoms with Gasteiger partial charge in [0.25, 0.3) is 0 Å². The van der Waals surface area contributed by atoms with Gasteiger partial charge >= 0.3 is 0 Å². The lowest BCUT2D eigenvalue weighted by Crippen LogP contribution is -2.21. The summed E-state index contributed by atoms with van der Waals surface area (Å²) >= 11 is 0. The molecular weight excluding hydrogens is 414 g/mol. The molecular formula is C23H30F2N6O. The summed E-state index contributed by atoms with van der Waals surface area (Å²) < 4.78 is 29.5. The lowest BCUT2D eigenvalue weighted by molar-refractivity contribution is 0.121. The Hall–Kier alpha value is -2.55. The van der Waals surface area contributed by atoms with Crippen LogP contribution in [0.25, 0.3) is 16.6 Å². The third-order valence-corrected chi connectivity index (χ3v) is 6.93. The summed E-state index contributed by atoms with van der Waals surface area (Å²) in [6, 6.07) is 2.22. The molecule has 2 saturated carbocycles. The van der Waals surface area contributed by atoms with Crippen molar-refractivity contribution in [1.82, 2.24) is 24.4 Å². The molecule has 2 aliphatic rings. The third-order valence-electron chi connectivity index (χ3n) is 6.93. The van der Waals surface area contributed by atoms with Crippen molar-refractivity contribution in [3.8, 4) is 11.1 Å². The van der Waals surface area contributed by atoms with Gasteiger partial charge in [-0.1, -0.05) is 0 Å². The van der Waals surface area contributed by atoms with Gasteiger partial charge in [0.15, 0.2) is 0 Å². The molecule has 9 heteroatoms. The normalized spacial score (nSPS) is 22.9. The lowest BCUT2D eigenvalue weighted by Gasteiger charge is -2.25. The number of nitrogens with one attached hydrogen (secondary N) is 1. The first-order chi connectivity index (χ1) is 15.5. The van der Waals surface area contributed by atoms with E-state index in [4.69, 9.17) is 5.10 Å². The van der Waals surface area contributed by atoms with Crippen LogP contribution in [0.3, 0.4) is 0 Å². The van der Waals surface area contributed by atoms with Crippen molar-refractivity contribution < 1.29 is 13.9 Å². The van der Waals surface area contributed by atoms with E-state index in [0.29, 0.717) is 12.0 Å².